The molecule has 1 heterocycles. The fourth-order valence-corrected chi connectivity index (χ4v) is 3.01. The minimum absolute atomic E-state index is 0.208. The molecule has 3 atom stereocenters. The van der Waals surface area contributed by atoms with E-state index in [0.29, 0.717) is 12.0 Å². The predicted octanol–water partition coefficient (Wildman–Crippen LogP) is 2.75. The summed E-state index contributed by atoms with van der Waals surface area (Å²) < 4.78 is 10.9. The first-order chi connectivity index (χ1) is 10.6. The van der Waals surface area contributed by atoms with Crippen LogP contribution in [0.15, 0.2) is 53.8 Å². The van der Waals surface area contributed by atoms with Crippen LogP contribution in [0.3, 0.4) is 0 Å². The van der Waals surface area contributed by atoms with Crippen LogP contribution in [0, 0.1) is 11.8 Å². The Bertz CT molecular complexity index is 659. The summed E-state index contributed by atoms with van der Waals surface area (Å²) in [6, 6.07) is 8.65. The third-order valence-electron chi connectivity index (χ3n) is 4.15. The molecule has 1 aliphatic carbocycles. The van der Waals surface area contributed by atoms with E-state index >= 15 is 0 Å². The number of carbonyl (C=O) groups excluding carboxylic acids is 1. The lowest BCUT2D eigenvalue weighted by Crippen LogP contribution is -2.37. The van der Waals surface area contributed by atoms with Crippen molar-refractivity contribution in [2.45, 2.75) is 19.6 Å². The fraction of sp³-hybridized carbons (Fsp3) is 0.294. The van der Waals surface area contributed by atoms with E-state index in [9.17, 15) is 14.7 Å². The Labute approximate surface area is 127 Å². The maximum Gasteiger partial charge on any atom is 0.341 e. The van der Waals surface area contributed by atoms with Crippen LogP contribution in [-0.4, -0.2) is 23.3 Å². The molecule has 0 fully saturated rings. The number of hydrogen-bond donors (Lipinski definition) is 1. The Balaban J connectivity index is 1.81. The lowest BCUT2D eigenvalue weighted by atomic mass is 9.84. The van der Waals surface area contributed by atoms with E-state index < -0.39 is 18.2 Å². The fourth-order valence-electron chi connectivity index (χ4n) is 3.01. The molecule has 0 spiro atoms. The van der Waals surface area contributed by atoms with Crippen LogP contribution in [-0.2, 0) is 14.3 Å². The van der Waals surface area contributed by atoms with Crippen molar-refractivity contribution in [2.24, 2.45) is 11.8 Å². The third kappa shape index (κ3) is 2.50. The smallest absolute Gasteiger partial charge is 0.341 e. The zero-order valence-electron chi connectivity index (χ0n) is 12.1. The monoisotopic (exact) mass is 300 g/mol. The van der Waals surface area contributed by atoms with Gasteiger partial charge in [0.15, 0.2) is 0 Å². The molecule has 0 amide bonds. The van der Waals surface area contributed by atoms with Crippen LogP contribution < -0.4 is 0 Å². The summed E-state index contributed by atoms with van der Waals surface area (Å²) in [7, 11) is 0. The average Bonchev–Trinajstić information content (AvgIpc) is 2.90. The molecule has 3 rings (SSSR count). The van der Waals surface area contributed by atoms with E-state index in [4.69, 9.17) is 9.47 Å². The molecule has 0 saturated heterocycles. The van der Waals surface area contributed by atoms with Crippen molar-refractivity contribution in [2.75, 3.05) is 0 Å². The first-order valence-corrected chi connectivity index (χ1v) is 7.09. The van der Waals surface area contributed by atoms with Gasteiger partial charge in [0.2, 0.25) is 0 Å². The maximum atomic E-state index is 12.2. The molecule has 1 aromatic rings. The van der Waals surface area contributed by atoms with Crippen molar-refractivity contribution >= 4 is 11.9 Å². The molecule has 22 heavy (non-hydrogen) atoms. The number of carboxylic acids is 1. The third-order valence-corrected chi connectivity index (χ3v) is 4.15. The summed E-state index contributed by atoms with van der Waals surface area (Å²) in [4.78, 5) is 23.4. The topological polar surface area (TPSA) is 72.8 Å². The Hall–Kier alpha value is -2.56. The van der Waals surface area contributed by atoms with Gasteiger partial charge in [0.05, 0.1) is 23.3 Å². The number of allylic oxidation sites excluding steroid dienone is 1. The number of rotatable bonds is 3. The number of fused-ring (bicyclic) bond motifs is 1. The van der Waals surface area contributed by atoms with Crippen molar-refractivity contribution in [3.05, 3.63) is 59.4 Å². The van der Waals surface area contributed by atoms with Crippen LogP contribution in [0.25, 0.3) is 0 Å². The van der Waals surface area contributed by atoms with Crippen molar-refractivity contribution in [1.29, 1.82) is 0 Å². The summed E-state index contributed by atoms with van der Waals surface area (Å²) in [5.74, 6) is -1.93. The first kappa shape index (κ1) is 14.4. The van der Waals surface area contributed by atoms with Crippen molar-refractivity contribution in [1.82, 2.24) is 0 Å². The molecular formula is C17H16O5. The molecule has 114 valence electrons. The highest BCUT2D eigenvalue weighted by Crippen LogP contribution is 2.43. The van der Waals surface area contributed by atoms with E-state index in [1.807, 2.05) is 19.1 Å². The highest BCUT2D eigenvalue weighted by Gasteiger charge is 2.44. The number of aliphatic carboxylic acids is 1. The normalized spacial score (nSPS) is 26.3. The molecule has 5 nitrogen and oxygen atoms in total. The summed E-state index contributed by atoms with van der Waals surface area (Å²) in [6.07, 6.45) is 3.01. The highest BCUT2D eigenvalue weighted by molar-refractivity contribution is 5.89. The molecule has 1 aromatic carbocycles. The van der Waals surface area contributed by atoms with E-state index in [-0.39, 0.29) is 17.4 Å². The van der Waals surface area contributed by atoms with Gasteiger partial charge in [-0.05, 0) is 25.5 Å². The molecule has 0 bridgehead atoms. The standard InChI is InChI=1S/C17H16O5/c1-10-7-8-12-13(15(18)19)9-21-17(14(10)12)22-16(20)11-5-3-2-4-6-11/h2-7,9,12,14,17H,8H2,1H3,(H,18,19)/t12?,14-,17?/m1/s1. The maximum absolute atomic E-state index is 12.2. The lowest BCUT2D eigenvalue weighted by Gasteiger charge is -2.33. The summed E-state index contributed by atoms with van der Waals surface area (Å²) in [5, 5.41) is 9.24. The van der Waals surface area contributed by atoms with Crippen LogP contribution in [0.5, 0.6) is 0 Å². The van der Waals surface area contributed by atoms with Crippen LogP contribution in [0.2, 0.25) is 0 Å². The minimum atomic E-state index is -0.995. The second kappa shape index (κ2) is 5.67. The number of ether oxygens (including phenoxy) is 2. The van der Waals surface area contributed by atoms with Crippen molar-refractivity contribution in [3.63, 3.8) is 0 Å². The zero-order chi connectivity index (χ0) is 15.7. The minimum Gasteiger partial charge on any atom is -0.478 e. The second-order valence-electron chi connectivity index (χ2n) is 5.47. The quantitative estimate of drug-likeness (QED) is 0.686. The molecule has 1 aliphatic heterocycles. The van der Waals surface area contributed by atoms with E-state index in [2.05, 4.69) is 0 Å². The summed E-state index contributed by atoms with van der Waals surface area (Å²) >= 11 is 0. The van der Waals surface area contributed by atoms with E-state index in [1.54, 1.807) is 24.3 Å². The van der Waals surface area contributed by atoms with Crippen LogP contribution >= 0.6 is 0 Å². The average molecular weight is 300 g/mol. The van der Waals surface area contributed by atoms with Crippen molar-refractivity contribution < 1.29 is 24.2 Å². The van der Waals surface area contributed by atoms with Gasteiger partial charge in [-0.25, -0.2) is 9.59 Å². The number of carboxylic acid groups (broad SMARTS) is 1. The van der Waals surface area contributed by atoms with Gasteiger partial charge >= 0.3 is 11.9 Å². The molecule has 0 aromatic heterocycles. The predicted molar refractivity (Wildman–Crippen MR) is 77.8 cm³/mol. The van der Waals surface area contributed by atoms with Gasteiger partial charge in [0.25, 0.3) is 6.29 Å². The Morgan fingerprint density at radius 2 is 2.00 bits per heavy atom. The first-order valence-electron chi connectivity index (χ1n) is 7.09. The SMILES string of the molecule is CC1=CCC2C(C(=O)O)=COC(OC(=O)c3ccccc3)[C@H]12. The van der Waals surface area contributed by atoms with Gasteiger partial charge in [-0.3, -0.25) is 0 Å². The number of hydrogen-bond acceptors (Lipinski definition) is 4. The lowest BCUT2D eigenvalue weighted by molar-refractivity contribution is -0.139. The molecule has 2 aliphatic rings. The molecule has 1 N–H and O–H groups in total. The largest absolute Gasteiger partial charge is 0.478 e. The van der Waals surface area contributed by atoms with Gasteiger partial charge in [-0.1, -0.05) is 29.8 Å². The Kier molecular flexibility index (Phi) is 3.71. The molecule has 5 heteroatoms. The van der Waals surface area contributed by atoms with E-state index in [0.717, 1.165) is 5.57 Å². The summed E-state index contributed by atoms with van der Waals surface area (Å²) in [5.41, 5.74) is 1.66. The molecular weight excluding hydrogens is 284 g/mol. The van der Waals surface area contributed by atoms with Gasteiger partial charge in [-0.15, -0.1) is 0 Å². The van der Waals surface area contributed by atoms with Crippen molar-refractivity contribution in [3.8, 4) is 0 Å². The molecule has 0 saturated carbocycles. The zero-order valence-corrected chi connectivity index (χ0v) is 12.1. The van der Waals surface area contributed by atoms with Gasteiger partial charge < -0.3 is 14.6 Å². The Morgan fingerprint density at radius 3 is 2.68 bits per heavy atom. The van der Waals surface area contributed by atoms with E-state index in [1.165, 1.54) is 6.26 Å². The molecule has 2 unspecified atom stereocenters. The van der Waals surface area contributed by atoms with Crippen LogP contribution in [0.1, 0.15) is 23.7 Å². The highest BCUT2D eigenvalue weighted by atomic mass is 16.7. The summed E-state index contributed by atoms with van der Waals surface area (Å²) in [6.45, 7) is 1.90. The number of esters is 1. The van der Waals surface area contributed by atoms with Crippen LogP contribution in [0.4, 0.5) is 0 Å². The molecule has 0 radical (unpaired) electrons. The second-order valence-corrected chi connectivity index (χ2v) is 5.47. The number of benzene rings is 1. The van der Waals surface area contributed by atoms with Gasteiger partial charge in [0.1, 0.15) is 0 Å². The number of carbonyl (C=O) groups is 2. The van der Waals surface area contributed by atoms with Gasteiger partial charge in [0, 0.05) is 5.92 Å². The van der Waals surface area contributed by atoms with Gasteiger partial charge in [-0.2, -0.15) is 0 Å². The Morgan fingerprint density at radius 1 is 1.27 bits per heavy atom.